The molecule has 2 N–H and O–H groups in total. The highest BCUT2D eigenvalue weighted by molar-refractivity contribution is 6.03. The summed E-state index contributed by atoms with van der Waals surface area (Å²) in [5, 5.41) is 6.11. The maximum absolute atomic E-state index is 12.9. The molecular formula is C17H23N3O3. The topological polar surface area (TPSA) is 70.7 Å². The smallest absolute Gasteiger partial charge is 0.265 e. The van der Waals surface area contributed by atoms with Crippen molar-refractivity contribution in [2.75, 3.05) is 31.5 Å². The van der Waals surface area contributed by atoms with Crippen LogP contribution in [0.4, 0.5) is 5.69 Å². The minimum Gasteiger partial charge on any atom is -0.479 e. The Hall–Kier alpha value is -1.92. The summed E-state index contributed by atoms with van der Waals surface area (Å²) in [6.07, 6.45) is 0.267. The second-order valence-corrected chi connectivity index (χ2v) is 6.03. The van der Waals surface area contributed by atoms with Gasteiger partial charge in [0.1, 0.15) is 5.75 Å². The van der Waals surface area contributed by atoms with Crippen LogP contribution in [0.3, 0.4) is 0 Å². The van der Waals surface area contributed by atoms with Crippen LogP contribution < -0.4 is 15.4 Å². The summed E-state index contributed by atoms with van der Waals surface area (Å²) in [5.41, 5.74) is 1.20. The van der Waals surface area contributed by atoms with E-state index < -0.39 is 6.10 Å². The predicted octanol–water partition coefficient (Wildman–Crippen LogP) is 1.27. The second kappa shape index (κ2) is 6.68. The highest BCUT2D eigenvalue weighted by atomic mass is 16.5. The Morgan fingerprint density at radius 1 is 1.39 bits per heavy atom. The molecule has 0 bridgehead atoms. The van der Waals surface area contributed by atoms with Gasteiger partial charge in [-0.1, -0.05) is 6.92 Å². The summed E-state index contributed by atoms with van der Waals surface area (Å²) in [6.45, 7) is 7.33. The van der Waals surface area contributed by atoms with Crippen LogP contribution in [0.5, 0.6) is 5.75 Å². The third-order valence-electron chi connectivity index (χ3n) is 4.48. The minimum atomic E-state index is -0.506. The molecule has 2 aliphatic rings. The van der Waals surface area contributed by atoms with E-state index in [0.717, 1.165) is 32.6 Å². The number of fused-ring (bicyclic) bond motifs is 1. The average Bonchev–Trinajstić information content (AvgIpc) is 2.57. The molecule has 1 fully saturated rings. The number of carbonyl (C=O) groups is 2. The monoisotopic (exact) mass is 317 g/mol. The third kappa shape index (κ3) is 3.23. The van der Waals surface area contributed by atoms with Gasteiger partial charge in [0, 0.05) is 31.7 Å². The fourth-order valence-electron chi connectivity index (χ4n) is 3.16. The van der Waals surface area contributed by atoms with Gasteiger partial charge in [-0.05, 0) is 31.5 Å². The van der Waals surface area contributed by atoms with Crippen LogP contribution in [0.15, 0.2) is 18.2 Å². The van der Waals surface area contributed by atoms with Crippen molar-refractivity contribution in [3.63, 3.8) is 0 Å². The molecular weight excluding hydrogens is 294 g/mol. The number of benzene rings is 1. The molecule has 0 spiro atoms. The van der Waals surface area contributed by atoms with Gasteiger partial charge in [-0.25, -0.2) is 0 Å². The first-order valence-electron chi connectivity index (χ1n) is 8.20. The summed E-state index contributed by atoms with van der Waals surface area (Å²) < 4.78 is 5.54. The Morgan fingerprint density at radius 2 is 2.13 bits per heavy atom. The first kappa shape index (κ1) is 16.0. The van der Waals surface area contributed by atoms with E-state index in [1.807, 2.05) is 6.92 Å². The van der Waals surface area contributed by atoms with Gasteiger partial charge in [0.25, 0.3) is 5.91 Å². The molecule has 2 aliphatic heterocycles. The molecule has 6 nitrogen and oxygen atoms in total. The fourth-order valence-corrected chi connectivity index (χ4v) is 3.16. The van der Waals surface area contributed by atoms with Gasteiger partial charge in [-0.3, -0.25) is 14.5 Å². The average molecular weight is 317 g/mol. The molecule has 0 radical (unpaired) electrons. The van der Waals surface area contributed by atoms with Gasteiger partial charge in [0.15, 0.2) is 11.9 Å². The number of hydrogen-bond acceptors (Lipinski definition) is 5. The molecule has 2 unspecified atom stereocenters. The Kier molecular flexibility index (Phi) is 4.63. The molecule has 1 saturated heterocycles. The van der Waals surface area contributed by atoms with Crippen LogP contribution in [0.1, 0.15) is 30.6 Å². The highest BCUT2D eigenvalue weighted by Crippen LogP contribution is 2.31. The number of rotatable bonds is 4. The van der Waals surface area contributed by atoms with Crippen LogP contribution in [0, 0.1) is 0 Å². The fraction of sp³-hybridized carbons (Fsp3) is 0.529. The molecule has 0 aliphatic carbocycles. The Labute approximate surface area is 136 Å². The number of piperazine rings is 1. The van der Waals surface area contributed by atoms with Crippen molar-refractivity contribution >= 4 is 17.4 Å². The van der Waals surface area contributed by atoms with Gasteiger partial charge in [-0.15, -0.1) is 0 Å². The lowest BCUT2D eigenvalue weighted by molar-refractivity contribution is -0.122. The second-order valence-electron chi connectivity index (χ2n) is 6.03. The van der Waals surface area contributed by atoms with Gasteiger partial charge in [0.2, 0.25) is 0 Å². The molecule has 124 valence electrons. The molecule has 0 saturated carbocycles. The lowest BCUT2D eigenvalue weighted by Crippen LogP contribution is -2.51. The zero-order valence-corrected chi connectivity index (χ0v) is 13.6. The van der Waals surface area contributed by atoms with E-state index in [0.29, 0.717) is 17.0 Å². The normalized spacial score (nSPS) is 22.7. The zero-order chi connectivity index (χ0) is 16.4. The molecule has 6 heteroatoms. The van der Waals surface area contributed by atoms with Crippen LogP contribution >= 0.6 is 0 Å². The number of amides is 1. The molecule has 2 atom stereocenters. The summed E-state index contributed by atoms with van der Waals surface area (Å²) in [5.74, 6) is 0.533. The van der Waals surface area contributed by atoms with Crippen LogP contribution in [-0.4, -0.2) is 54.9 Å². The van der Waals surface area contributed by atoms with E-state index in [-0.39, 0.29) is 17.7 Å². The van der Waals surface area contributed by atoms with E-state index in [4.69, 9.17) is 4.74 Å². The first-order valence-corrected chi connectivity index (χ1v) is 8.20. The molecule has 3 rings (SSSR count). The number of ketones is 1. The van der Waals surface area contributed by atoms with Crippen molar-refractivity contribution < 1.29 is 14.3 Å². The number of ether oxygens (including phenoxy) is 1. The highest BCUT2D eigenvalue weighted by Gasteiger charge is 2.28. The molecule has 23 heavy (non-hydrogen) atoms. The van der Waals surface area contributed by atoms with E-state index in [1.54, 1.807) is 25.1 Å². The number of nitrogens with zero attached hydrogens (tertiary/aromatic N) is 1. The number of carbonyl (C=O) groups excluding carboxylic acids is 2. The minimum absolute atomic E-state index is 0.102. The maximum atomic E-state index is 12.9. The van der Waals surface area contributed by atoms with Gasteiger partial charge in [-0.2, -0.15) is 0 Å². The van der Waals surface area contributed by atoms with Crippen LogP contribution in [0.25, 0.3) is 0 Å². The number of hydrogen-bond donors (Lipinski definition) is 2. The van der Waals surface area contributed by atoms with Crippen molar-refractivity contribution in [3.8, 4) is 5.75 Å². The van der Waals surface area contributed by atoms with Crippen LogP contribution in [0.2, 0.25) is 0 Å². The van der Waals surface area contributed by atoms with Gasteiger partial charge < -0.3 is 15.4 Å². The van der Waals surface area contributed by atoms with Crippen molar-refractivity contribution in [3.05, 3.63) is 23.8 Å². The molecule has 1 aromatic rings. The molecule has 1 aromatic carbocycles. The SMILES string of the molecule is CCC(C(=O)c1ccc2c(c1)NC(=O)C(C)O2)N1CCNCC1. The number of Topliss-reactive ketones (excluding diaryl/α,β-unsaturated/α-hetero) is 1. The predicted molar refractivity (Wildman–Crippen MR) is 88.0 cm³/mol. The van der Waals surface area contributed by atoms with E-state index in [9.17, 15) is 9.59 Å². The molecule has 0 aromatic heterocycles. The summed E-state index contributed by atoms with van der Waals surface area (Å²) in [6, 6.07) is 5.17. The number of anilines is 1. The summed E-state index contributed by atoms with van der Waals surface area (Å²) >= 11 is 0. The summed E-state index contributed by atoms with van der Waals surface area (Å²) in [4.78, 5) is 26.9. The standard InChI is InChI=1S/C17H23N3O3/c1-3-14(20-8-6-18-7-9-20)16(21)12-4-5-15-13(10-12)19-17(22)11(2)23-15/h4-5,10-11,14,18H,3,6-9H2,1-2H3,(H,19,22). The first-order chi connectivity index (χ1) is 11.1. The molecule has 2 heterocycles. The quantitative estimate of drug-likeness (QED) is 0.819. The van der Waals surface area contributed by atoms with Gasteiger partial charge >= 0.3 is 0 Å². The van der Waals surface area contributed by atoms with E-state index in [1.165, 1.54) is 0 Å². The lowest BCUT2D eigenvalue weighted by Gasteiger charge is -2.33. The largest absolute Gasteiger partial charge is 0.479 e. The molecule has 1 amide bonds. The van der Waals surface area contributed by atoms with Crippen molar-refractivity contribution in [2.45, 2.75) is 32.4 Å². The third-order valence-corrected chi connectivity index (χ3v) is 4.48. The van der Waals surface area contributed by atoms with Crippen molar-refractivity contribution in [2.24, 2.45) is 0 Å². The van der Waals surface area contributed by atoms with E-state index in [2.05, 4.69) is 15.5 Å². The maximum Gasteiger partial charge on any atom is 0.265 e. The van der Waals surface area contributed by atoms with E-state index >= 15 is 0 Å². The zero-order valence-electron chi connectivity index (χ0n) is 13.6. The van der Waals surface area contributed by atoms with Crippen molar-refractivity contribution in [1.82, 2.24) is 10.2 Å². The number of nitrogens with one attached hydrogen (secondary N) is 2. The Morgan fingerprint density at radius 3 is 2.83 bits per heavy atom. The van der Waals surface area contributed by atoms with Crippen molar-refractivity contribution in [1.29, 1.82) is 0 Å². The lowest BCUT2D eigenvalue weighted by atomic mass is 9.99. The Balaban J connectivity index is 1.81. The van der Waals surface area contributed by atoms with Crippen LogP contribution in [-0.2, 0) is 4.79 Å². The van der Waals surface area contributed by atoms with Gasteiger partial charge in [0.05, 0.1) is 11.7 Å². The summed E-state index contributed by atoms with van der Waals surface area (Å²) in [7, 11) is 0. The Bertz CT molecular complexity index is 611.